The van der Waals surface area contributed by atoms with Gasteiger partial charge in [0.25, 0.3) is 6.29 Å². The Morgan fingerprint density at radius 1 is 1.19 bits per heavy atom. The largest absolute Gasteiger partial charge is 0.458 e. The highest BCUT2D eigenvalue weighted by Gasteiger charge is 2.21. The van der Waals surface area contributed by atoms with E-state index in [1.54, 1.807) is 18.2 Å². The first-order valence-electron chi connectivity index (χ1n) is 6.47. The molecule has 0 spiro atoms. The minimum absolute atomic E-state index is 0.132. The predicted molar refractivity (Wildman–Crippen MR) is 72.0 cm³/mol. The van der Waals surface area contributed by atoms with Crippen LogP contribution in [0.15, 0.2) is 47.3 Å². The SMILES string of the molecule is CC(=O)c1ccc(Cc2ccc(F)cc2C2OC=CO2)o1. The zero-order chi connectivity index (χ0) is 14.8. The summed E-state index contributed by atoms with van der Waals surface area (Å²) in [5, 5.41) is 0. The Labute approximate surface area is 120 Å². The molecule has 1 aromatic carbocycles. The van der Waals surface area contributed by atoms with E-state index in [1.807, 2.05) is 0 Å². The molecular formula is C16H13FO4. The van der Waals surface area contributed by atoms with Gasteiger partial charge in [-0.05, 0) is 29.8 Å². The zero-order valence-corrected chi connectivity index (χ0v) is 11.3. The fourth-order valence-corrected chi connectivity index (χ4v) is 2.18. The minimum atomic E-state index is -0.655. The molecule has 0 bridgehead atoms. The summed E-state index contributed by atoms with van der Waals surface area (Å²) in [6.07, 6.45) is 2.60. The molecule has 0 saturated heterocycles. The highest BCUT2D eigenvalue weighted by atomic mass is 19.1. The second-order valence-electron chi connectivity index (χ2n) is 4.72. The number of carbonyl (C=O) groups excluding carboxylic acids is 1. The van der Waals surface area contributed by atoms with E-state index in [-0.39, 0.29) is 11.6 Å². The van der Waals surface area contributed by atoms with Gasteiger partial charge >= 0.3 is 0 Å². The van der Waals surface area contributed by atoms with E-state index in [4.69, 9.17) is 13.9 Å². The van der Waals surface area contributed by atoms with Gasteiger partial charge in [-0.2, -0.15) is 0 Å². The van der Waals surface area contributed by atoms with Crippen molar-refractivity contribution in [2.75, 3.05) is 0 Å². The number of carbonyl (C=O) groups is 1. The van der Waals surface area contributed by atoms with Gasteiger partial charge in [-0.3, -0.25) is 4.79 Å². The van der Waals surface area contributed by atoms with Gasteiger partial charge in [-0.1, -0.05) is 6.07 Å². The Morgan fingerprint density at radius 2 is 1.95 bits per heavy atom. The van der Waals surface area contributed by atoms with E-state index in [2.05, 4.69) is 0 Å². The summed E-state index contributed by atoms with van der Waals surface area (Å²) in [7, 11) is 0. The molecule has 3 rings (SSSR count). The fourth-order valence-electron chi connectivity index (χ4n) is 2.18. The van der Waals surface area contributed by atoms with Crippen LogP contribution in [-0.4, -0.2) is 5.78 Å². The van der Waals surface area contributed by atoms with Crippen molar-refractivity contribution < 1.29 is 23.1 Å². The van der Waals surface area contributed by atoms with Crippen LogP contribution in [0.3, 0.4) is 0 Å². The molecule has 21 heavy (non-hydrogen) atoms. The number of hydrogen-bond donors (Lipinski definition) is 0. The van der Waals surface area contributed by atoms with E-state index in [0.29, 0.717) is 23.5 Å². The van der Waals surface area contributed by atoms with Gasteiger partial charge in [-0.15, -0.1) is 0 Å². The molecule has 0 radical (unpaired) electrons. The van der Waals surface area contributed by atoms with Gasteiger partial charge in [0.2, 0.25) is 0 Å². The molecule has 1 aliphatic heterocycles. The Bertz CT molecular complexity index is 694. The van der Waals surface area contributed by atoms with Gasteiger partial charge < -0.3 is 13.9 Å². The molecule has 0 N–H and O–H groups in total. The molecule has 1 aliphatic rings. The summed E-state index contributed by atoms with van der Waals surface area (Å²) in [4.78, 5) is 11.2. The average molecular weight is 288 g/mol. The molecule has 0 unspecified atom stereocenters. The van der Waals surface area contributed by atoms with Crippen LogP contribution in [0.5, 0.6) is 0 Å². The third kappa shape index (κ3) is 2.81. The predicted octanol–water partition coefficient (Wildman–Crippen LogP) is 3.73. The Morgan fingerprint density at radius 3 is 2.62 bits per heavy atom. The van der Waals surface area contributed by atoms with Crippen LogP contribution in [0.4, 0.5) is 4.39 Å². The summed E-state index contributed by atoms with van der Waals surface area (Å²) in [5.74, 6) is 0.437. The Balaban J connectivity index is 1.88. The first-order chi connectivity index (χ1) is 10.1. The number of halogens is 1. The summed E-state index contributed by atoms with van der Waals surface area (Å²) in [6.45, 7) is 1.44. The summed E-state index contributed by atoms with van der Waals surface area (Å²) in [5.41, 5.74) is 1.41. The van der Waals surface area contributed by atoms with Gasteiger partial charge in [-0.25, -0.2) is 4.39 Å². The normalized spacial score (nSPS) is 14.0. The summed E-state index contributed by atoms with van der Waals surface area (Å²) >= 11 is 0. The van der Waals surface area contributed by atoms with Crippen molar-refractivity contribution in [1.82, 2.24) is 0 Å². The number of furan rings is 1. The van der Waals surface area contributed by atoms with Gasteiger partial charge in [0.15, 0.2) is 11.5 Å². The van der Waals surface area contributed by atoms with Crippen LogP contribution in [0.1, 0.15) is 40.7 Å². The molecule has 0 fully saturated rings. The van der Waals surface area contributed by atoms with E-state index in [9.17, 15) is 9.18 Å². The van der Waals surface area contributed by atoms with Crippen LogP contribution in [0.25, 0.3) is 0 Å². The average Bonchev–Trinajstić information content (AvgIpc) is 3.11. The number of ether oxygens (including phenoxy) is 2. The molecule has 2 heterocycles. The lowest BCUT2D eigenvalue weighted by molar-refractivity contribution is -0.0254. The van der Waals surface area contributed by atoms with Crippen LogP contribution in [0.2, 0.25) is 0 Å². The maximum absolute atomic E-state index is 13.4. The summed E-state index contributed by atoms with van der Waals surface area (Å²) in [6, 6.07) is 7.77. The lowest BCUT2D eigenvalue weighted by Gasteiger charge is -2.14. The molecule has 0 atom stereocenters. The Hall–Kier alpha value is -2.56. The van der Waals surface area contributed by atoms with Gasteiger partial charge in [0.1, 0.15) is 24.1 Å². The number of rotatable bonds is 4. The molecule has 0 amide bonds. The molecule has 4 nitrogen and oxygen atoms in total. The molecule has 0 saturated carbocycles. The number of ketones is 1. The molecule has 1 aromatic heterocycles. The van der Waals surface area contributed by atoms with Crippen molar-refractivity contribution in [3.8, 4) is 0 Å². The molecule has 0 aliphatic carbocycles. The van der Waals surface area contributed by atoms with Crippen molar-refractivity contribution in [2.24, 2.45) is 0 Å². The van der Waals surface area contributed by atoms with Crippen molar-refractivity contribution in [2.45, 2.75) is 19.6 Å². The zero-order valence-electron chi connectivity index (χ0n) is 11.3. The molecule has 108 valence electrons. The smallest absolute Gasteiger partial charge is 0.266 e. The summed E-state index contributed by atoms with van der Waals surface area (Å²) < 4.78 is 29.4. The van der Waals surface area contributed by atoms with Crippen LogP contribution >= 0.6 is 0 Å². The molecule has 2 aromatic rings. The van der Waals surface area contributed by atoms with E-state index in [1.165, 1.54) is 31.6 Å². The lowest BCUT2D eigenvalue weighted by atomic mass is 10.0. The highest BCUT2D eigenvalue weighted by molar-refractivity contribution is 5.91. The van der Waals surface area contributed by atoms with E-state index < -0.39 is 6.29 Å². The van der Waals surface area contributed by atoms with Crippen molar-refractivity contribution >= 4 is 5.78 Å². The monoisotopic (exact) mass is 288 g/mol. The lowest BCUT2D eigenvalue weighted by Crippen LogP contribution is -2.04. The first kappa shape index (κ1) is 13.4. The standard InChI is InChI=1S/C16H13FO4/c1-10(18)15-5-4-13(21-15)8-11-2-3-12(17)9-14(11)16-19-6-7-20-16/h2-7,9,16H,8H2,1H3. The third-order valence-corrected chi connectivity index (χ3v) is 3.20. The third-order valence-electron chi connectivity index (χ3n) is 3.20. The van der Waals surface area contributed by atoms with E-state index >= 15 is 0 Å². The van der Waals surface area contributed by atoms with Crippen LogP contribution in [-0.2, 0) is 15.9 Å². The minimum Gasteiger partial charge on any atom is -0.458 e. The Kier molecular flexibility index (Phi) is 3.48. The topological polar surface area (TPSA) is 48.7 Å². The van der Waals surface area contributed by atoms with Crippen LogP contribution < -0.4 is 0 Å². The van der Waals surface area contributed by atoms with E-state index in [0.717, 1.165) is 5.56 Å². The maximum Gasteiger partial charge on any atom is 0.266 e. The molecular weight excluding hydrogens is 275 g/mol. The van der Waals surface area contributed by atoms with Gasteiger partial charge in [0.05, 0.1) is 0 Å². The van der Waals surface area contributed by atoms with Crippen molar-refractivity contribution in [1.29, 1.82) is 0 Å². The fraction of sp³-hybridized carbons (Fsp3) is 0.188. The van der Waals surface area contributed by atoms with Crippen LogP contribution in [0, 0.1) is 5.82 Å². The molecule has 5 heteroatoms. The second kappa shape index (κ2) is 5.44. The van der Waals surface area contributed by atoms with Crippen molar-refractivity contribution in [3.05, 3.63) is 71.3 Å². The quantitative estimate of drug-likeness (QED) is 0.804. The maximum atomic E-state index is 13.4. The number of Topliss-reactive ketones (excluding diaryl/α,β-unsaturated/α-hetero) is 1. The first-order valence-corrected chi connectivity index (χ1v) is 6.47. The van der Waals surface area contributed by atoms with Crippen molar-refractivity contribution in [3.63, 3.8) is 0 Å². The second-order valence-corrected chi connectivity index (χ2v) is 4.72. The highest BCUT2D eigenvalue weighted by Crippen LogP contribution is 2.29. The number of hydrogen-bond acceptors (Lipinski definition) is 4. The van der Waals surface area contributed by atoms with Gasteiger partial charge in [0, 0.05) is 18.9 Å². The number of benzene rings is 1.